The molecule has 1 aliphatic heterocycles. The summed E-state index contributed by atoms with van der Waals surface area (Å²) >= 11 is 0. The van der Waals surface area contributed by atoms with Crippen LogP contribution in [0.3, 0.4) is 0 Å². The van der Waals surface area contributed by atoms with Crippen LogP contribution in [0.5, 0.6) is 5.75 Å². The Balaban J connectivity index is 2.14. The number of hydrogen-bond acceptors (Lipinski definition) is 3. The molecule has 4 nitrogen and oxygen atoms in total. The van der Waals surface area contributed by atoms with Gasteiger partial charge in [-0.05, 0) is 31.7 Å². The van der Waals surface area contributed by atoms with Crippen LogP contribution in [0.15, 0.2) is 18.2 Å². The summed E-state index contributed by atoms with van der Waals surface area (Å²) in [6.45, 7) is 1.70. The highest BCUT2D eigenvalue weighted by Crippen LogP contribution is 2.22. The minimum Gasteiger partial charge on any atom is -0.486 e. The number of amides is 1. The van der Waals surface area contributed by atoms with Gasteiger partial charge in [-0.15, -0.1) is 0 Å². The topological polar surface area (TPSA) is 55.6 Å². The van der Waals surface area contributed by atoms with Crippen LogP contribution in [0.2, 0.25) is 0 Å². The molecule has 0 radical (unpaired) electrons. The molecule has 1 saturated heterocycles. The zero-order valence-corrected chi connectivity index (χ0v) is 9.65. The number of nitrogens with zero attached hydrogens (tertiary/aromatic N) is 1. The highest BCUT2D eigenvalue weighted by atomic mass is 19.1. The molecule has 2 rings (SSSR count). The fourth-order valence-corrected chi connectivity index (χ4v) is 1.92. The monoisotopic (exact) mass is 238 g/mol. The molecule has 5 heteroatoms. The number of benzene rings is 1. The van der Waals surface area contributed by atoms with Crippen LogP contribution in [0.25, 0.3) is 0 Å². The van der Waals surface area contributed by atoms with E-state index in [4.69, 9.17) is 10.5 Å². The SMILES string of the molecule is CN1CC[C@@H](Oc2cc(C(N)=O)ccc2F)C1. The average molecular weight is 238 g/mol. The highest BCUT2D eigenvalue weighted by Gasteiger charge is 2.22. The Bertz CT molecular complexity index is 437. The second kappa shape index (κ2) is 4.71. The Morgan fingerprint density at radius 3 is 2.94 bits per heavy atom. The van der Waals surface area contributed by atoms with Crippen molar-refractivity contribution in [2.45, 2.75) is 12.5 Å². The van der Waals surface area contributed by atoms with Crippen molar-refractivity contribution < 1.29 is 13.9 Å². The quantitative estimate of drug-likeness (QED) is 0.855. The van der Waals surface area contributed by atoms with Crippen molar-refractivity contribution in [3.63, 3.8) is 0 Å². The summed E-state index contributed by atoms with van der Waals surface area (Å²) in [6, 6.07) is 3.91. The number of carbonyl (C=O) groups is 1. The standard InChI is InChI=1S/C12H15FN2O2/c1-15-5-4-9(7-15)17-11-6-8(12(14)16)2-3-10(11)13/h2-3,6,9H,4-5,7H2,1H3,(H2,14,16)/t9-/m1/s1. The number of rotatable bonds is 3. The van der Waals surface area contributed by atoms with Crippen molar-refractivity contribution in [1.82, 2.24) is 4.90 Å². The van der Waals surface area contributed by atoms with E-state index < -0.39 is 11.7 Å². The largest absolute Gasteiger partial charge is 0.486 e. The first-order chi connectivity index (χ1) is 8.06. The zero-order chi connectivity index (χ0) is 12.4. The molecular weight excluding hydrogens is 223 g/mol. The number of halogens is 1. The van der Waals surface area contributed by atoms with Gasteiger partial charge in [0.05, 0.1) is 0 Å². The summed E-state index contributed by atoms with van der Waals surface area (Å²) in [5, 5.41) is 0. The molecule has 0 unspecified atom stereocenters. The number of likely N-dealkylation sites (N-methyl/N-ethyl adjacent to an activating group) is 1. The number of likely N-dealkylation sites (tertiary alicyclic amines) is 1. The van der Waals surface area contributed by atoms with Crippen molar-refractivity contribution in [2.24, 2.45) is 5.73 Å². The number of carbonyl (C=O) groups excluding carboxylic acids is 1. The molecule has 0 bridgehead atoms. The predicted octanol–water partition coefficient (Wildman–Crippen LogP) is 1.01. The fraction of sp³-hybridized carbons (Fsp3) is 0.417. The smallest absolute Gasteiger partial charge is 0.248 e. The van der Waals surface area contributed by atoms with E-state index in [2.05, 4.69) is 4.90 Å². The molecule has 17 heavy (non-hydrogen) atoms. The van der Waals surface area contributed by atoms with Crippen LogP contribution in [0.1, 0.15) is 16.8 Å². The van der Waals surface area contributed by atoms with Crippen LogP contribution < -0.4 is 10.5 Å². The van der Waals surface area contributed by atoms with Crippen molar-refractivity contribution in [1.29, 1.82) is 0 Å². The van der Waals surface area contributed by atoms with E-state index >= 15 is 0 Å². The van der Waals surface area contributed by atoms with E-state index in [1.54, 1.807) is 0 Å². The molecule has 1 atom stereocenters. The van der Waals surface area contributed by atoms with Gasteiger partial charge in [-0.3, -0.25) is 4.79 Å². The van der Waals surface area contributed by atoms with Crippen LogP contribution >= 0.6 is 0 Å². The summed E-state index contributed by atoms with van der Waals surface area (Å²) in [4.78, 5) is 13.1. The summed E-state index contributed by atoms with van der Waals surface area (Å²) in [5.74, 6) is -0.954. The van der Waals surface area contributed by atoms with E-state index in [0.29, 0.717) is 0 Å². The molecule has 0 aliphatic carbocycles. The van der Waals surface area contributed by atoms with Gasteiger partial charge in [-0.1, -0.05) is 0 Å². The number of hydrogen-bond donors (Lipinski definition) is 1. The van der Waals surface area contributed by atoms with Crippen molar-refractivity contribution in [3.05, 3.63) is 29.6 Å². The third kappa shape index (κ3) is 2.74. The lowest BCUT2D eigenvalue weighted by Crippen LogP contribution is -2.22. The summed E-state index contributed by atoms with van der Waals surface area (Å²) < 4.78 is 19.0. The van der Waals surface area contributed by atoms with Gasteiger partial charge in [0.15, 0.2) is 11.6 Å². The van der Waals surface area contributed by atoms with E-state index in [1.807, 2.05) is 7.05 Å². The highest BCUT2D eigenvalue weighted by molar-refractivity contribution is 5.93. The minimum absolute atomic E-state index is 0.0300. The molecule has 1 heterocycles. The van der Waals surface area contributed by atoms with Gasteiger partial charge in [0, 0.05) is 18.7 Å². The molecule has 1 aliphatic rings. The van der Waals surface area contributed by atoms with E-state index in [9.17, 15) is 9.18 Å². The van der Waals surface area contributed by atoms with Gasteiger partial charge in [-0.2, -0.15) is 0 Å². The zero-order valence-electron chi connectivity index (χ0n) is 9.65. The average Bonchev–Trinajstić information content (AvgIpc) is 2.67. The maximum atomic E-state index is 13.5. The van der Waals surface area contributed by atoms with E-state index in [-0.39, 0.29) is 17.4 Å². The lowest BCUT2D eigenvalue weighted by atomic mass is 10.2. The van der Waals surface area contributed by atoms with Gasteiger partial charge >= 0.3 is 0 Å². The Hall–Kier alpha value is -1.62. The van der Waals surface area contributed by atoms with Crippen LogP contribution in [0.4, 0.5) is 4.39 Å². The summed E-state index contributed by atoms with van der Waals surface area (Å²) in [5.41, 5.74) is 5.39. The normalized spacial score (nSPS) is 20.5. The van der Waals surface area contributed by atoms with Crippen LogP contribution in [-0.2, 0) is 0 Å². The second-order valence-electron chi connectivity index (χ2n) is 4.30. The molecule has 1 aromatic carbocycles. The first-order valence-electron chi connectivity index (χ1n) is 5.51. The van der Waals surface area contributed by atoms with Gasteiger partial charge in [-0.25, -0.2) is 4.39 Å². The lowest BCUT2D eigenvalue weighted by Gasteiger charge is -2.14. The van der Waals surface area contributed by atoms with Crippen LogP contribution in [0, 0.1) is 5.82 Å². The first-order valence-corrected chi connectivity index (χ1v) is 5.51. The fourth-order valence-electron chi connectivity index (χ4n) is 1.92. The van der Waals surface area contributed by atoms with Crippen LogP contribution in [-0.4, -0.2) is 37.0 Å². The molecule has 1 amide bonds. The van der Waals surface area contributed by atoms with Crippen molar-refractivity contribution in [2.75, 3.05) is 20.1 Å². The van der Waals surface area contributed by atoms with Crippen molar-refractivity contribution in [3.8, 4) is 5.75 Å². The van der Waals surface area contributed by atoms with Gasteiger partial charge < -0.3 is 15.4 Å². The molecule has 0 aromatic heterocycles. The van der Waals surface area contributed by atoms with Crippen molar-refractivity contribution >= 4 is 5.91 Å². The number of nitrogens with two attached hydrogens (primary N) is 1. The molecule has 0 spiro atoms. The molecule has 1 fully saturated rings. The Morgan fingerprint density at radius 1 is 1.59 bits per heavy atom. The van der Waals surface area contributed by atoms with E-state index in [0.717, 1.165) is 19.5 Å². The summed E-state index contributed by atoms with van der Waals surface area (Å²) in [7, 11) is 1.99. The third-order valence-electron chi connectivity index (χ3n) is 2.86. The second-order valence-corrected chi connectivity index (χ2v) is 4.30. The third-order valence-corrected chi connectivity index (χ3v) is 2.86. The maximum absolute atomic E-state index is 13.5. The molecule has 0 saturated carbocycles. The van der Waals surface area contributed by atoms with E-state index in [1.165, 1.54) is 18.2 Å². The lowest BCUT2D eigenvalue weighted by molar-refractivity contribution is 0.0999. The molecule has 92 valence electrons. The Morgan fingerprint density at radius 2 is 2.35 bits per heavy atom. The number of ether oxygens (including phenoxy) is 1. The minimum atomic E-state index is -0.585. The Labute approximate surface area is 99.2 Å². The van der Waals surface area contributed by atoms with Gasteiger partial charge in [0.2, 0.25) is 5.91 Å². The predicted molar refractivity (Wildman–Crippen MR) is 61.4 cm³/mol. The molecule has 2 N–H and O–H groups in total. The molecular formula is C12H15FN2O2. The summed E-state index contributed by atoms with van der Waals surface area (Å²) in [6.07, 6.45) is 0.828. The first kappa shape index (κ1) is 11.9. The van der Waals surface area contributed by atoms with Gasteiger partial charge in [0.1, 0.15) is 6.10 Å². The molecule has 1 aromatic rings. The maximum Gasteiger partial charge on any atom is 0.248 e. The Kier molecular flexibility index (Phi) is 3.28. The number of primary amides is 1. The van der Waals surface area contributed by atoms with Gasteiger partial charge in [0.25, 0.3) is 0 Å².